The molecule has 0 bridgehead atoms. The zero-order valence-corrected chi connectivity index (χ0v) is 5.30. The van der Waals surface area contributed by atoms with E-state index >= 15 is 0 Å². The summed E-state index contributed by atoms with van der Waals surface area (Å²) < 4.78 is 0. The van der Waals surface area contributed by atoms with Gasteiger partial charge in [-0.15, -0.1) is 9.24 Å². The Morgan fingerprint density at radius 3 is 2.50 bits per heavy atom. The largest absolute Gasteiger partial charge is 0.137 e. The maximum absolute atomic E-state index is 2.68. The fourth-order valence-electron chi connectivity index (χ4n) is 0.263. The van der Waals surface area contributed by atoms with Gasteiger partial charge in [0, 0.05) is 0 Å². The van der Waals surface area contributed by atoms with Crippen LogP contribution in [0.4, 0.5) is 0 Å². The molecule has 36 valence electrons. The summed E-state index contributed by atoms with van der Waals surface area (Å²) in [6.07, 6.45) is 6.61. The first-order chi connectivity index (χ1) is 2.91. The van der Waals surface area contributed by atoms with Crippen LogP contribution in [0, 0.1) is 0 Å². The predicted molar refractivity (Wildman–Crippen MR) is 34.0 cm³/mol. The van der Waals surface area contributed by atoms with Crippen molar-refractivity contribution in [2.45, 2.75) is 13.3 Å². The van der Waals surface area contributed by atoms with Crippen molar-refractivity contribution >= 4 is 9.24 Å². The Labute approximate surface area is 41.8 Å². The van der Waals surface area contributed by atoms with Gasteiger partial charge < -0.3 is 0 Å². The first kappa shape index (κ1) is 6.17. The first-order valence-corrected chi connectivity index (χ1v) is 3.04. The molecule has 1 heteroatoms. The molecule has 0 spiro atoms. The molecule has 0 heterocycles. The van der Waals surface area contributed by atoms with Gasteiger partial charge in [0.2, 0.25) is 0 Å². The average molecular weight is 102 g/mol. The minimum atomic E-state index is 1.18. The first-order valence-electron chi connectivity index (χ1n) is 2.23. The van der Waals surface area contributed by atoms with Crippen molar-refractivity contribution in [3.63, 3.8) is 0 Å². The molecule has 0 aromatic rings. The second-order valence-corrected chi connectivity index (χ2v) is 1.72. The normalized spacial score (nSPS) is 10.3. The Morgan fingerprint density at radius 2 is 2.33 bits per heavy atom. The summed E-state index contributed by atoms with van der Waals surface area (Å²) in [5, 5.41) is 0. The summed E-state index contributed by atoms with van der Waals surface area (Å²) >= 11 is 0. The van der Waals surface area contributed by atoms with Gasteiger partial charge in [0.05, 0.1) is 0 Å². The lowest BCUT2D eigenvalue weighted by Crippen LogP contribution is -1.60. The Balaban J connectivity index is 2.66. The Bertz CT molecular complexity index is 39.2. The third-order valence-electron chi connectivity index (χ3n) is 0.569. The van der Waals surface area contributed by atoms with Crippen molar-refractivity contribution in [1.29, 1.82) is 0 Å². The van der Waals surface area contributed by atoms with Gasteiger partial charge in [0.15, 0.2) is 0 Å². The highest BCUT2D eigenvalue weighted by Crippen LogP contribution is 1.87. The zero-order valence-electron chi connectivity index (χ0n) is 4.15. The zero-order chi connectivity index (χ0) is 4.83. The molecule has 0 aromatic carbocycles. The van der Waals surface area contributed by atoms with E-state index in [0.717, 1.165) is 0 Å². The van der Waals surface area contributed by atoms with E-state index in [4.69, 9.17) is 0 Å². The van der Waals surface area contributed by atoms with E-state index in [1.165, 1.54) is 12.6 Å². The van der Waals surface area contributed by atoms with Gasteiger partial charge in [-0.3, -0.25) is 0 Å². The Morgan fingerprint density at radius 1 is 1.67 bits per heavy atom. The van der Waals surface area contributed by atoms with Crippen LogP contribution >= 0.6 is 9.24 Å². The molecule has 1 unspecified atom stereocenters. The van der Waals surface area contributed by atoms with Crippen LogP contribution in [-0.2, 0) is 0 Å². The maximum Gasteiger partial charge on any atom is -0.0316 e. The molecule has 0 fully saturated rings. The van der Waals surface area contributed by atoms with E-state index in [1.807, 2.05) is 6.92 Å². The lowest BCUT2D eigenvalue weighted by Gasteiger charge is -1.76. The number of rotatable bonds is 2. The molecule has 0 aromatic heterocycles. The minimum Gasteiger partial charge on any atom is -0.137 e. The van der Waals surface area contributed by atoms with Crippen LogP contribution in [0.25, 0.3) is 0 Å². The van der Waals surface area contributed by atoms with Crippen molar-refractivity contribution in [1.82, 2.24) is 0 Å². The molecule has 0 radical (unpaired) electrons. The van der Waals surface area contributed by atoms with E-state index in [0.29, 0.717) is 0 Å². The quantitative estimate of drug-likeness (QED) is 0.368. The summed E-state index contributed by atoms with van der Waals surface area (Å²) in [5.74, 6) is 0. The molecule has 0 aliphatic heterocycles. The Kier molecular flexibility index (Phi) is 5.32. The van der Waals surface area contributed by atoms with Crippen LogP contribution in [0.5, 0.6) is 0 Å². The van der Waals surface area contributed by atoms with Gasteiger partial charge in [0.25, 0.3) is 0 Å². The van der Waals surface area contributed by atoms with Crippen LogP contribution in [0.15, 0.2) is 12.2 Å². The lowest BCUT2D eigenvalue weighted by molar-refractivity contribution is 1.24. The number of hydrogen-bond donors (Lipinski definition) is 0. The molecule has 0 aliphatic carbocycles. The molecule has 6 heavy (non-hydrogen) atoms. The fraction of sp³-hybridized carbons (Fsp3) is 0.600. The molecular weight excluding hydrogens is 91.0 g/mol. The van der Waals surface area contributed by atoms with E-state index in [-0.39, 0.29) is 0 Å². The minimum absolute atomic E-state index is 1.18. The van der Waals surface area contributed by atoms with Crippen molar-refractivity contribution in [2.75, 3.05) is 6.16 Å². The monoisotopic (exact) mass is 102 g/mol. The van der Waals surface area contributed by atoms with E-state index in [9.17, 15) is 0 Å². The summed E-state index contributed by atoms with van der Waals surface area (Å²) in [6, 6.07) is 0. The molecule has 1 atom stereocenters. The molecule has 0 N–H and O–H groups in total. The standard InChI is InChI=1S/C5H11P/c1-2-3-4-5-6/h2-3H,4-6H2,1H3/b3-2+. The lowest BCUT2D eigenvalue weighted by atomic mass is 10.4. The smallest absolute Gasteiger partial charge is 0.0316 e. The van der Waals surface area contributed by atoms with Crippen LogP contribution in [0.1, 0.15) is 13.3 Å². The van der Waals surface area contributed by atoms with Crippen molar-refractivity contribution < 1.29 is 0 Å². The van der Waals surface area contributed by atoms with Gasteiger partial charge in [0.1, 0.15) is 0 Å². The van der Waals surface area contributed by atoms with Gasteiger partial charge in [-0.2, -0.15) is 0 Å². The molecule has 0 aliphatic rings. The van der Waals surface area contributed by atoms with Crippen LogP contribution in [0.2, 0.25) is 0 Å². The van der Waals surface area contributed by atoms with Crippen LogP contribution in [-0.4, -0.2) is 6.16 Å². The predicted octanol–water partition coefficient (Wildman–Crippen LogP) is 1.83. The Hall–Kier alpha value is 0.170. The summed E-state index contributed by atoms with van der Waals surface area (Å²) in [7, 11) is 2.68. The van der Waals surface area contributed by atoms with Gasteiger partial charge in [-0.05, 0) is 19.5 Å². The van der Waals surface area contributed by atoms with Gasteiger partial charge in [-0.1, -0.05) is 12.2 Å². The van der Waals surface area contributed by atoms with E-state index < -0.39 is 0 Å². The number of hydrogen-bond acceptors (Lipinski definition) is 0. The summed E-state index contributed by atoms with van der Waals surface area (Å²) in [5.41, 5.74) is 0. The second-order valence-electron chi connectivity index (χ2n) is 1.15. The molecule has 0 rings (SSSR count). The third kappa shape index (κ3) is 4.17. The molecule has 0 saturated heterocycles. The van der Waals surface area contributed by atoms with Crippen molar-refractivity contribution in [3.8, 4) is 0 Å². The summed E-state index contributed by atoms with van der Waals surface area (Å²) in [6.45, 7) is 2.04. The highest BCUT2D eigenvalue weighted by molar-refractivity contribution is 7.16. The fourth-order valence-corrected chi connectivity index (χ4v) is 0.455. The highest BCUT2D eigenvalue weighted by Gasteiger charge is 1.64. The van der Waals surface area contributed by atoms with Gasteiger partial charge in [-0.25, -0.2) is 0 Å². The van der Waals surface area contributed by atoms with Gasteiger partial charge >= 0.3 is 0 Å². The van der Waals surface area contributed by atoms with E-state index in [1.54, 1.807) is 0 Å². The summed E-state index contributed by atoms with van der Waals surface area (Å²) in [4.78, 5) is 0. The number of allylic oxidation sites excluding steroid dienone is 2. The van der Waals surface area contributed by atoms with Crippen LogP contribution < -0.4 is 0 Å². The molecule has 0 saturated carbocycles. The molecule has 0 amide bonds. The second kappa shape index (κ2) is 5.17. The van der Waals surface area contributed by atoms with E-state index in [2.05, 4.69) is 21.4 Å². The highest BCUT2D eigenvalue weighted by atomic mass is 31.0. The maximum atomic E-state index is 2.68. The topological polar surface area (TPSA) is 0 Å². The van der Waals surface area contributed by atoms with Crippen LogP contribution in [0.3, 0.4) is 0 Å². The third-order valence-corrected chi connectivity index (χ3v) is 0.902. The van der Waals surface area contributed by atoms with Crippen molar-refractivity contribution in [3.05, 3.63) is 12.2 Å². The SMILES string of the molecule is C/C=C/CCP. The molecule has 0 nitrogen and oxygen atoms in total. The molecular formula is C5H11P. The van der Waals surface area contributed by atoms with Crippen molar-refractivity contribution in [2.24, 2.45) is 0 Å². The average Bonchev–Trinajstić information content (AvgIpc) is 1.61.